The zero-order valence-electron chi connectivity index (χ0n) is 12.3. The second kappa shape index (κ2) is 5.92. The molecule has 0 fully saturated rings. The highest BCUT2D eigenvalue weighted by Crippen LogP contribution is 2.29. The van der Waals surface area contributed by atoms with Gasteiger partial charge in [0.25, 0.3) is 17.9 Å². The molecule has 0 spiro atoms. The number of amides is 2. The van der Waals surface area contributed by atoms with Gasteiger partial charge in [0.2, 0.25) is 0 Å². The van der Waals surface area contributed by atoms with Crippen molar-refractivity contribution in [1.29, 1.82) is 0 Å². The molecule has 0 unspecified atom stereocenters. The summed E-state index contributed by atoms with van der Waals surface area (Å²) in [5.74, 6) is -0.720. The predicted molar refractivity (Wildman–Crippen MR) is 84.6 cm³/mol. The second-order valence-electron chi connectivity index (χ2n) is 5.11. The van der Waals surface area contributed by atoms with Gasteiger partial charge < -0.3 is 15.4 Å². The van der Waals surface area contributed by atoms with E-state index in [1.54, 1.807) is 48.5 Å². The third-order valence-electron chi connectivity index (χ3n) is 3.42. The van der Waals surface area contributed by atoms with E-state index in [4.69, 9.17) is 4.74 Å². The monoisotopic (exact) mass is 310 g/mol. The number of fused-ring (bicyclic) bond motifs is 1. The van der Waals surface area contributed by atoms with E-state index in [1.807, 2.05) is 0 Å². The first-order chi connectivity index (χ1) is 11.0. The third kappa shape index (κ3) is 3.06. The summed E-state index contributed by atoms with van der Waals surface area (Å²) in [6.07, 6.45) is -1.27. The van der Waals surface area contributed by atoms with Crippen LogP contribution in [0.25, 0.3) is 0 Å². The van der Waals surface area contributed by atoms with E-state index in [1.165, 1.54) is 6.92 Å². The lowest BCUT2D eigenvalue weighted by Crippen LogP contribution is -2.45. The Bertz CT molecular complexity index is 783. The van der Waals surface area contributed by atoms with Gasteiger partial charge in [0, 0.05) is 11.3 Å². The maximum Gasteiger partial charge on any atom is 0.275 e. The Morgan fingerprint density at radius 1 is 1.09 bits per heavy atom. The molecule has 0 bridgehead atoms. The number of hydrogen-bond donors (Lipinski definition) is 2. The predicted octanol–water partition coefficient (Wildman–Crippen LogP) is 2.23. The first-order valence-corrected chi connectivity index (χ1v) is 7.03. The Morgan fingerprint density at radius 2 is 1.78 bits per heavy atom. The minimum Gasteiger partial charge on any atom is -0.468 e. The van der Waals surface area contributed by atoms with Crippen LogP contribution in [0, 0.1) is 0 Å². The third-order valence-corrected chi connectivity index (χ3v) is 3.42. The lowest BCUT2D eigenvalue weighted by atomic mass is 10.1. The molecule has 0 aliphatic carbocycles. The van der Waals surface area contributed by atoms with E-state index in [9.17, 15) is 14.4 Å². The molecular weight excluding hydrogens is 296 g/mol. The molecule has 6 nitrogen and oxygen atoms in total. The van der Waals surface area contributed by atoms with Crippen LogP contribution in [-0.4, -0.2) is 23.7 Å². The highest BCUT2D eigenvalue weighted by molar-refractivity contribution is 6.15. The number of nitrogens with one attached hydrogen (secondary N) is 2. The lowest BCUT2D eigenvalue weighted by Gasteiger charge is -2.24. The summed E-state index contributed by atoms with van der Waals surface area (Å²) in [7, 11) is 0. The van der Waals surface area contributed by atoms with Crippen molar-refractivity contribution in [1.82, 2.24) is 0 Å². The number of para-hydroxylation sites is 2. The van der Waals surface area contributed by atoms with Crippen LogP contribution in [0.5, 0.6) is 5.75 Å². The maximum absolute atomic E-state index is 12.2. The highest BCUT2D eigenvalue weighted by Gasteiger charge is 2.33. The second-order valence-corrected chi connectivity index (χ2v) is 5.11. The van der Waals surface area contributed by atoms with Crippen molar-refractivity contribution in [3.8, 4) is 5.75 Å². The smallest absolute Gasteiger partial charge is 0.275 e. The Balaban J connectivity index is 1.73. The molecule has 2 aromatic carbocycles. The van der Waals surface area contributed by atoms with Crippen molar-refractivity contribution in [2.24, 2.45) is 0 Å². The van der Waals surface area contributed by atoms with Gasteiger partial charge in [-0.05, 0) is 43.3 Å². The van der Waals surface area contributed by atoms with Crippen molar-refractivity contribution >= 4 is 29.0 Å². The zero-order valence-corrected chi connectivity index (χ0v) is 12.3. The van der Waals surface area contributed by atoms with Gasteiger partial charge in [-0.25, -0.2) is 0 Å². The fraction of sp³-hybridized carbons (Fsp3) is 0.118. The summed E-state index contributed by atoms with van der Waals surface area (Å²) in [6.45, 7) is 1.46. The van der Waals surface area contributed by atoms with Gasteiger partial charge in [-0.1, -0.05) is 12.1 Å². The average molecular weight is 310 g/mol. The summed E-state index contributed by atoms with van der Waals surface area (Å²) in [5, 5.41) is 5.23. The van der Waals surface area contributed by atoms with E-state index in [0.29, 0.717) is 22.7 Å². The molecule has 3 rings (SSSR count). The SMILES string of the molecule is CC(=O)c1ccc(NC(=O)[C@H]2Oc3ccccc3NC2=O)cc1. The molecule has 2 aromatic rings. The first-order valence-electron chi connectivity index (χ1n) is 7.03. The van der Waals surface area contributed by atoms with Crippen molar-refractivity contribution in [3.05, 3.63) is 54.1 Å². The van der Waals surface area contributed by atoms with E-state index in [0.717, 1.165) is 0 Å². The number of ether oxygens (including phenoxy) is 1. The Hall–Kier alpha value is -3.15. The van der Waals surface area contributed by atoms with Crippen LogP contribution in [-0.2, 0) is 9.59 Å². The fourth-order valence-corrected chi connectivity index (χ4v) is 2.22. The van der Waals surface area contributed by atoms with Crippen LogP contribution in [0.1, 0.15) is 17.3 Å². The van der Waals surface area contributed by atoms with Gasteiger partial charge in [-0.15, -0.1) is 0 Å². The van der Waals surface area contributed by atoms with Crippen LogP contribution in [0.2, 0.25) is 0 Å². The topological polar surface area (TPSA) is 84.5 Å². The molecule has 1 atom stereocenters. The van der Waals surface area contributed by atoms with Gasteiger partial charge in [-0.3, -0.25) is 14.4 Å². The molecule has 0 radical (unpaired) electrons. The molecule has 0 saturated heterocycles. The van der Waals surface area contributed by atoms with E-state index in [2.05, 4.69) is 10.6 Å². The molecule has 23 heavy (non-hydrogen) atoms. The molecule has 6 heteroatoms. The van der Waals surface area contributed by atoms with E-state index < -0.39 is 17.9 Å². The van der Waals surface area contributed by atoms with Gasteiger partial charge in [-0.2, -0.15) is 0 Å². The number of carbonyl (C=O) groups excluding carboxylic acids is 3. The van der Waals surface area contributed by atoms with E-state index in [-0.39, 0.29) is 5.78 Å². The van der Waals surface area contributed by atoms with Crippen molar-refractivity contribution in [2.75, 3.05) is 10.6 Å². The molecule has 2 N–H and O–H groups in total. The highest BCUT2D eigenvalue weighted by atomic mass is 16.5. The average Bonchev–Trinajstić information content (AvgIpc) is 2.54. The number of ketones is 1. The Morgan fingerprint density at radius 3 is 2.48 bits per heavy atom. The molecule has 2 amide bonds. The van der Waals surface area contributed by atoms with E-state index >= 15 is 0 Å². The van der Waals surface area contributed by atoms with Crippen LogP contribution in [0.3, 0.4) is 0 Å². The zero-order chi connectivity index (χ0) is 16.4. The molecule has 1 aliphatic rings. The normalized spacial score (nSPS) is 15.9. The van der Waals surface area contributed by atoms with Gasteiger partial charge in [0.15, 0.2) is 5.78 Å². The Kier molecular flexibility index (Phi) is 3.80. The number of carbonyl (C=O) groups is 3. The molecule has 1 heterocycles. The number of Topliss-reactive ketones (excluding diaryl/α,β-unsaturated/α-hetero) is 1. The maximum atomic E-state index is 12.2. The molecule has 116 valence electrons. The minimum absolute atomic E-state index is 0.0607. The van der Waals surface area contributed by atoms with Crippen LogP contribution in [0.4, 0.5) is 11.4 Å². The summed E-state index contributed by atoms with van der Waals surface area (Å²) >= 11 is 0. The quantitative estimate of drug-likeness (QED) is 0.672. The summed E-state index contributed by atoms with van der Waals surface area (Å²) in [4.78, 5) is 35.5. The van der Waals surface area contributed by atoms with Crippen molar-refractivity contribution < 1.29 is 19.1 Å². The number of rotatable bonds is 3. The fourth-order valence-electron chi connectivity index (χ4n) is 2.22. The standard InChI is InChI=1S/C17H14N2O4/c1-10(20)11-6-8-12(9-7-11)18-16(21)15-17(22)19-13-4-2-3-5-14(13)23-15/h2-9,15H,1H3,(H,18,21)(H,19,22)/t15-/m1/s1. The number of anilines is 2. The van der Waals surface area contributed by atoms with Gasteiger partial charge in [0.05, 0.1) is 5.69 Å². The molecule has 0 aromatic heterocycles. The van der Waals surface area contributed by atoms with Gasteiger partial charge >= 0.3 is 0 Å². The number of benzene rings is 2. The lowest BCUT2D eigenvalue weighted by molar-refractivity contribution is -0.133. The largest absolute Gasteiger partial charge is 0.468 e. The van der Waals surface area contributed by atoms with Crippen LogP contribution < -0.4 is 15.4 Å². The van der Waals surface area contributed by atoms with Gasteiger partial charge in [0.1, 0.15) is 5.75 Å². The summed E-state index contributed by atoms with van der Waals surface area (Å²) < 4.78 is 5.46. The van der Waals surface area contributed by atoms with Crippen LogP contribution >= 0.6 is 0 Å². The van der Waals surface area contributed by atoms with Crippen LogP contribution in [0.15, 0.2) is 48.5 Å². The van der Waals surface area contributed by atoms with Crippen molar-refractivity contribution in [2.45, 2.75) is 13.0 Å². The Labute approximate surface area is 132 Å². The summed E-state index contributed by atoms with van der Waals surface area (Å²) in [6, 6.07) is 13.3. The first kappa shape index (κ1) is 14.8. The molecule has 1 aliphatic heterocycles. The van der Waals surface area contributed by atoms with Crippen molar-refractivity contribution in [3.63, 3.8) is 0 Å². The summed E-state index contributed by atoms with van der Waals surface area (Å²) in [5.41, 5.74) is 1.56. The minimum atomic E-state index is -1.27. The molecular formula is C17H14N2O4. The molecule has 0 saturated carbocycles. The number of hydrogen-bond acceptors (Lipinski definition) is 4.